The number of piperidine rings is 1. The summed E-state index contributed by atoms with van der Waals surface area (Å²) in [6.45, 7) is 2.07. The Morgan fingerprint density at radius 1 is 1.12 bits per heavy atom. The van der Waals surface area contributed by atoms with E-state index < -0.39 is 5.41 Å². The van der Waals surface area contributed by atoms with Crippen LogP contribution in [-0.2, 0) is 16.0 Å². The first-order chi connectivity index (χ1) is 16.0. The van der Waals surface area contributed by atoms with Crippen molar-refractivity contribution in [3.05, 3.63) is 48.3 Å². The topological polar surface area (TPSA) is 63.7 Å². The minimum atomic E-state index is -0.417. The molecule has 1 aliphatic heterocycles. The summed E-state index contributed by atoms with van der Waals surface area (Å²) in [6.07, 6.45) is 10.2. The summed E-state index contributed by atoms with van der Waals surface area (Å²) in [4.78, 5) is 20.6. The number of hydrogen-bond donors (Lipinski definition) is 1. The maximum absolute atomic E-state index is 13.7. The number of ether oxygens (including phenoxy) is 2. The molecule has 33 heavy (non-hydrogen) atoms. The highest BCUT2D eigenvalue weighted by atomic mass is 16.5. The lowest BCUT2D eigenvalue weighted by Crippen LogP contribution is -2.51. The maximum Gasteiger partial charge on any atom is 0.226 e. The first kappa shape index (κ1) is 23.7. The van der Waals surface area contributed by atoms with E-state index in [0.29, 0.717) is 6.42 Å². The molecule has 1 N–H and O–H groups in total. The van der Waals surface area contributed by atoms with Gasteiger partial charge in [0.1, 0.15) is 5.75 Å². The van der Waals surface area contributed by atoms with Crippen LogP contribution < -0.4 is 10.1 Å². The number of amides is 1. The predicted octanol–water partition coefficient (Wildman–Crippen LogP) is 4.09. The molecule has 2 aliphatic rings. The Balaban J connectivity index is 1.56. The van der Waals surface area contributed by atoms with E-state index in [1.807, 2.05) is 36.7 Å². The average Bonchev–Trinajstić information content (AvgIpc) is 2.86. The van der Waals surface area contributed by atoms with Gasteiger partial charge in [-0.05, 0) is 82.8 Å². The smallest absolute Gasteiger partial charge is 0.226 e. The second kappa shape index (κ2) is 10.7. The maximum atomic E-state index is 13.7. The highest BCUT2D eigenvalue weighted by molar-refractivity contribution is 5.83. The van der Waals surface area contributed by atoms with E-state index in [1.165, 1.54) is 0 Å². The van der Waals surface area contributed by atoms with Gasteiger partial charge in [-0.25, -0.2) is 0 Å². The number of methoxy groups -OCH3 is 2. The summed E-state index contributed by atoms with van der Waals surface area (Å²) in [7, 11) is 5.61. The van der Waals surface area contributed by atoms with Crippen LogP contribution in [0.3, 0.4) is 0 Å². The van der Waals surface area contributed by atoms with Crippen LogP contribution in [0.1, 0.15) is 44.1 Å². The largest absolute Gasteiger partial charge is 0.496 e. The van der Waals surface area contributed by atoms with Crippen molar-refractivity contribution in [1.82, 2.24) is 15.2 Å². The summed E-state index contributed by atoms with van der Waals surface area (Å²) < 4.78 is 11.2. The summed E-state index contributed by atoms with van der Waals surface area (Å²) >= 11 is 0. The van der Waals surface area contributed by atoms with Crippen LogP contribution >= 0.6 is 0 Å². The molecule has 2 heterocycles. The number of carbonyl (C=O) groups excluding carboxylic acids is 1. The molecule has 6 nitrogen and oxygen atoms in total. The van der Waals surface area contributed by atoms with Gasteiger partial charge in [0.25, 0.3) is 0 Å². The SMILES string of the molecule is COc1ccccc1-c1cncc(CC2(C(=O)NC3CCN(C)CC3)CCC(OC)CC2)c1. The quantitative estimate of drug-likeness (QED) is 0.687. The summed E-state index contributed by atoms with van der Waals surface area (Å²) in [5.41, 5.74) is 2.70. The third kappa shape index (κ3) is 5.56. The molecule has 1 saturated carbocycles. The zero-order valence-electron chi connectivity index (χ0n) is 20.2. The van der Waals surface area contributed by atoms with Gasteiger partial charge in [-0.2, -0.15) is 0 Å². The Labute approximate surface area is 197 Å². The van der Waals surface area contributed by atoms with E-state index in [0.717, 1.165) is 74.1 Å². The lowest BCUT2D eigenvalue weighted by molar-refractivity contribution is -0.135. The fourth-order valence-electron chi connectivity index (χ4n) is 5.36. The van der Waals surface area contributed by atoms with Crippen molar-refractivity contribution in [3.8, 4) is 16.9 Å². The van der Waals surface area contributed by atoms with Crippen molar-refractivity contribution < 1.29 is 14.3 Å². The molecule has 2 aromatic rings. The summed E-state index contributed by atoms with van der Waals surface area (Å²) in [6, 6.07) is 10.4. The number of aromatic nitrogens is 1. The first-order valence-electron chi connectivity index (χ1n) is 12.1. The number of likely N-dealkylation sites (tertiary alicyclic amines) is 1. The number of para-hydroxylation sites is 1. The predicted molar refractivity (Wildman–Crippen MR) is 130 cm³/mol. The molecule has 0 spiro atoms. The van der Waals surface area contributed by atoms with Crippen LogP contribution in [0.4, 0.5) is 0 Å². The molecule has 6 heteroatoms. The molecule has 2 fully saturated rings. The summed E-state index contributed by atoms with van der Waals surface area (Å²) in [5, 5.41) is 3.42. The normalized spacial score (nSPS) is 24.4. The molecule has 1 aliphatic carbocycles. The Hall–Kier alpha value is -2.44. The molecule has 1 saturated heterocycles. The van der Waals surface area contributed by atoms with Crippen molar-refractivity contribution in [3.63, 3.8) is 0 Å². The van der Waals surface area contributed by atoms with Crippen molar-refractivity contribution >= 4 is 5.91 Å². The molecule has 1 aromatic heterocycles. The minimum absolute atomic E-state index is 0.203. The number of carbonyl (C=O) groups is 1. The van der Waals surface area contributed by atoms with Gasteiger partial charge >= 0.3 is 0 Å². The standard InChI is InChI=1S/C27H37N3O3/c1-30-14-10-22(11-15-30)29-26(31)27(12-8-23(32-2)9-13-27)17-20-16-21(19-28-18-20)24-6-4-5-7-25(24)33-3/h4-7,16,18-19,22-23H,8-15,17H2,1-3H3,(H,29,31). The van der Waals surface area contributed by atoms with Gasteiger partial charge in [-0.15, -0.1) is 0 Å². The second-order valence-electron chi connectivity index (χ2n) is 9.73. The van der Waals surface area contributed by atoms with Crippen LogP contribution in [0, 0.1) is 5.41 Å². The molecular formula is C27H37N3O3. The molecule has 0 bridgehead atoms. The van der Waals surface area contributed by atoms with Crippen LogP contribution in [0.15, 0.2) is 42.7 Å². The highest BCUT2D eigenvalue weighted by Crippen LogP contribution is 2.41. The molecule has 1 aromatic carbocycles. The van der Waals surface area contributed by atoms with Crippen molar-refractivity contribution in [2.75, 3.05) is 34.4 Å². The van der Waals surface area contributed by atoms with Gasteiger partial charge in [0.15, 0.2) is 0 Å². The Morgan fingerprint density at radius 3 is 2.55 bits per heavy atom. The fraction of sp³-hybridized carbons (Fsp3) is 0.556. The van der Waals surface area contributed by atoms with E-state index in [2.05, 4.69) is 28.3 Å². The average molecular weight is 452 g/mol. The van der Waals surface area contributed by atoms with E-state index in [1.54, 1.807) is 14.2 Å². The number of benzene rings is 1. The molecule has 178 valence electrons. The lowest BCUT2D eigenvalue weighted by Gasteiger charge is -2.40. The van der Waals surface area contributed by atoms with Crippen LogP contribution in [0.5, 0.6) is 5.75 Å². The number of nitrogens with zero attached hydrogens (tertiary/aromatic N) is 2. The minimum Gasteiger partial charge on any atom is -0.496 e. The van der Waals surface area contributed by atoms with E-state index in [-0.39, 0.29) is 18.1 Å². The molecule has 4 rings (SSSR count). The van der Waals surface area contributed by atoms with Crippen LogP contribution in [-0.4, -0.2) is 62.3 Å². The Morgan fingerprint density at radius 2 is 1.85 bits per heavy atom. The zero-order valence-corrected chi connectivity index (χ0v) is 20.2. The zero-order chi connectivity index (χ0) is 23.3. The summed E-state index contributed by atoms with van der Waals surface area (Å²) in [5.74, 6) is 1.03. The van der Waals surface area contributed by atoms with E-state index >= 15 is 0 Å². The van der Waals surface area contributed by atoms with Gasteiger partial charge in [0, 0.05) is 36.7 Å². The first-order valence-corrected chi connectivity index (χ1v) is 12.1. The number of hydrogen-bond acceptors (Lipinski definition) is 5. The van der Waals surface area contributed by atoms with Crippen LogP contribution in [0.25, 0.3) is 11.1 Å². The molecule has 1 amide bonds. The molecule has 0 unspecified atom stereocenters. The van der Waals surface area contributed by atoms with Gasteiger partial charge in [0.2, 0.25) is 5.91 Å². The second-order valence-corrected chi connectivity index (χ2v) is 9.73. The number of rotatable bonds is 7. The van der Waals surface area contributed by atoms with E-state index in [9.17, 15) is 4.79 Å². The van der Waals surface area contributed by atoms with Crippen molar-refractivity contribution in [1.29, 1.82) is 0 Å². The van der Waals surface area contributed by atoms with Gasteiger partial charge < -0.3 is 19.7 Å². The van der Waals surface area contributed by atoms with Gasteiger partial charge in [-0.3, -0.25) is 9.78 Å². The number of nitrogens with one attached hydrogen (secondary N) is 1. The fourth-order valence-corrected chi connectivity index (χ4v) is 5.36. The van der Waals surface area contributed by atoms with Gasteiger partial charge in [-0.1, -0.05) is 18.2 Å². The molecule has 0 atom stereocenters. The van der Waals surface area contributed by atoms with Gasteiger partial charge in [0.05, 0.1) is 18.6 Å². The third-order valence-corrected chi connectivity index (χ3v) is 7.51. The van der Waals surface area contributed by atoms with Crippen LogP contribution in [0.2, 0.25) is 0 Å². The third-order valence-electron chi connectivity index (χ3n) is 7.51. The Kier molecular flexibility index (Phi) is 7.66. The van der Waals surface area contributed by atoms with E-state index in [4.69, 9.17) is 9.47 Å². The number of pyridine rings is 1. The van der Waals surface area contributed by atoms with Crippen molar-refractivity contribution in [2.45, 2.75) is 57.1 Å². The lowest BCUT2D eigenvalue weighted by atomic mass is 9.68. The van der Waals surface area contributed by atoms with Crippen molar-refractivity contribution in [2.24, 2.45) is 5.41 Å². The Bertz CT molecular complexity index is 932. The highest BCUT2D eigenvalue weighted by Gasteiger charge is 2.42. The monoisotopic (exact) mass is 451 g/mol. The molecule has 0 radical (unpaired) electrons. The molecular weight excluding hydrogens is 414 g/mol.